The minimum absolute atomic E-state index is 0.275. The van der Waals surface area contributed by atoms with E-state index >= 15 is 0 Å². The van der Waals surface area contributed by atoms with Gasteiger partial charge in [0.05, 0.1) is 6.10 Å². The second-order valence-electron chi connectivity index (χ2n) is 3.53. The lowest BCUT2D eigenvalue weighted by molar-refractivity contribution is 0.0150. The minimum atomic E-state index is 0.275. The molecule has 1 fully saturated rings. The Bertz CT molecular complexity index is 279. The predicted octanol–water partition coefficient (Wildman–Crippen LogP) is 2.51. The first-order valence-electron chi connectivity index (χ1n) is 4.83. The Morgan fingerprint density at radius 1 is 1.31 bits per heavy atom. The summed E-state index contributed by atoms with van der Waals surface area (Å²) in [5.74, 6) is 0. The number of anilines is 1. The van der Waals surface area contributed by atoms with E-state index in [1.54, 1.807) is 0 Å². The fourth-order valence-corrected chi connectivity index (χ4v) is 1.76. The molecule has 1 aromatic rings. The summed E-state index contributed by atoms with van der Waals surface area (Å²) in [6.07, 6.45) is 3.86. The average molecular weight is 177 g/mol. The van der Waals surface area contributed by atoms with Gasteiger partial charge >= 0.3 is 0 Å². The van der Waals surface area contributed by atoms with Crippen molar-refractivity contribution in [3.63, 3.8) is 0 Å². The van der Waals surface area contributed by atoms with Gasteiger partial charge in [-0.2, -0.15) is 0 Å². The molecule has 0 amide bonds. The van der Waals surface area contributed by atoms with Gasteiger partial charge in [0.2, 0.25) is 0 Å². The van der Waals surface area contributed by atoms with E-state index in [1.807, 2.05) is 18.2 Å². The topological polar surface area (TPSA) is 35.2 Å². The zero-order valence-electron chi connectivity index (χ0n) is 7.70. The quantitative estimate of drug-likeness (QED) is 0.669. The second-order valence-corrected chi connectivity index (χ2v) is 3.53. The SMILES string of the molecule is Nc1cccc(C2CCCCO2)c1. The van der Waals surface area contributed by atoms with E-state index in [0.29, 0.717) is 0 Å². The number of rotatable bonds is 1. The van der Waals surface area contributed by atoms with Crippen LogP contribution in [0.15, 0.2) is 24.3 Å². The normalized spacial score (nSPS) is 22.9. The van der Waals surface area contributed by atoms with Crippen molar-refractivity contribution in [3.05, 3.63) is 29.8 Å². The molecule has 13 heavy (non-hydrogen) atoms. The van der Waals surface area contributed by atoms with Crippen LogP contribution in [0.1, 0.15) is 30.9 Å². The van der Waals surface area contributed by atoms with Gasteiger partial charge in [-0.1, -0.05) is 12.1 Å². The van der Waals surface area contributed by atoms with Crippen LogP contribution in [-0.4, -0.2) is 6.61 Å². The summed E-state index contributed by atoms with van der Waals surface area (Å²) in [6, 6.07) is 8.00. The Balaban J connectivity index is 2.14. The van der Waals surface area contributed by atoms with Crippen LogP contribution < -0.4 is 5.73 Å². The molecule has 1 saturated heterocycles. The zero-order valence-corrected chi connectivity index (χ0v) is 7.70. The van der Waals surface area contributed by atoms with Crippen molar-refractivity contribution in [3.8, 4) is 0 Å². The molecule has 0 aliphatic carbocycles. The molecular weight excluding hydrogens is 162 g/mol. The van der Waals surface area contributed by atoms with E-state index in [-0.39, 0.29) is 6.10 Å². The van der Waals surface area contributed by atoms with Crippen molar-refractivity contribution in [1.29, 1.82) is 0 Å². The van der Waals surface area contributed by atoms with Crippen LogP contribution in [0, 0.1) is 0 Å². The van der Waals surface area contributed by atoms with Crippen LogP contribution in [-0.2, 0) is 4.74 Å². The van der Waals surface area contributed by atoms with Crippen molar-refractivity contribution in [2.75, 3.05) is 12.3 Å². The largest absolute Gasteiger partial charge is 0.399 e. The molecule has 2 heteroatoms. The van der Waals surface area contributed by atoms with E-state index in [0.717, 1.165) is 18.7 Å². The molecule has 1 aliphatic heterocycles. The molecular formula is C11H15NO. The summed E-state index contributed by atoms with van der Waals surface area (Å²) in [4.78, 5) is 0. The third kappa shape index (κ3) is 2.01. The highest BCUT2D eigenvalue weighted by Gasteiger charge is 2.15. The maximum Gasteiger partial charge on any atom is 0.0825 e. The monoisotopic (exact) mass is 177 g/mol. The predicted molar refractivity (Wildman–Crippen MR) is 53.4 cm³/mol. The highest BCUT2D eigenvalue weighted by Crippen LogP contribution is 2.28. The number of hydrogen-bond donors (Lipinski definition) is 1. The summed E-state index contributed by atoms with van der Waals surface area (Å²) in [7, 11) is 0. The molecule has 2 rings (SSSR count). The lowest BCUT2D eigenvalue weighted by Crippen LogP contribution is -2.11. The van der Waals surface area contributed by atoms with E-state index in [4.69, 9.17) is 10.5 Å². The third-order valence-corrected chi connectivity index (χ3v) is 2.46. The van der Waals surface area contributed by atoms with Crippen LogP contribution >= 0.6 is 0 Å². The van der Waals surface area contributed by atoms with Crippen molar-refractivity contribution in [2.45, 2.75) is 25.4 Å². The van der Waals surface area contributed by atoms with Crippen LogP contribution in [0.2, 0.25) is 0 Å². The molecule has 1 atom stereocenters. The lowest BCUT2D eigenvalue weighted by Gasteiger charge is -2.22. The van der Waals surface area contributed by atoms with Crippen LogP contribution in [0.3, 0.4) is 0 Å². The van der Waals surface area contributed by atoms with Gasteiger partial charge in [0, 0.05) is 12.3 Å². The number of hydrogen-bond acceptors (Lipinski definition) is 2. The van der Waals surface area contributed by atoms with Gasteiger partial charge in [0.25, 0.3) is 0 Å². The van der Waals surface area contributed by atoms with Crippen LogP contribution in [0.5, 0.6) is 0 Å². The summed E-state index contributed by atoms with van der Waals surface area (Å²) < 4.78 is 5.66. The minimum Gasteiger partial charge on any atom is -0.399 e. The second kappa shape index (κ2) is 3.79. The third-order valence-electron chi connectivity index (χ3n) is 2.46. The first-order chi connectivity index (χ1) is 6.36. The zero-order chi connectivity index (χ0) is 9.10. The molecule has 0 bridgehead atoms. The highest BCUT2D eigenvalue weighted by atomic mass is 16.5. The Hall–Kier alpha value is -1.02. The van der Waals surface area contributed by atoms with E-state index in [9.17, 15) is 0 Å². The summed E-state index contributed by atoms with van der Waals surface area (Å²) in [6.45, 7) is 0.888. The number of nitrogens with two attached hydrogens (primary N) is 1. The highest BCUT2D eigenvalue weighted by molar-refractivity contribution is 5.41. The van der Waals surface area contributed by atoms with Crippen molar-refractivity contribution in [2.24, 2.45) is 0 Å². The number of benzene rings is 1. The van der Waals surface area contributed by atoms with Gasteiger partial charge in [0.1, 0.15) is 0 Å². The summed E-state index contributed by atoms with van der Waals surface area (Å²) >= 11 is 0. The summed E-state index contributed by atoms with van der Waals surface area (Å²) in [5.41, 5.74) is 7.76. The average Bonchev–Trinajstić information content (AvgIpc) is 2.19. The van der Waals surface area contributed by atoms with Gasteiger partial charge in [-0.3, -0.25) is 0 Å². The van der Waals surface area contributed by atoms with Gasteiger partial charge < -0.3 is 10.5 Å². The fraction of sp³-hybridized carbons (Fsp3) is 0.455. The van der Waals surface area contributed by atoms with Crippen molar-refractivity contribution < 1.29 is 4.74 Å². The smallest absolute Gasteiger partial charge is 0.0825 e. The maximum atomic E-state index is 5.71. The first kappa shape index (κ1) is 8.57. The Morgan fingerprint density at radius 2 is 2.23 bits per heavy atom. The van der Waals surface area contributed by atoms with Gasteiger partial charge in [0.15, 0.2) is 0 Å². The standard InChI is InChI=1S/C11H15NO/c12-10-5-3-4-9(8-10)11-6-1-2-7-13-11/h3-5,8,11H,1-2,6-7,12H2. The molecule has 2 N–H and O–H groups in total. The Morgan fingerprint density at radius 3 is 2.92 bits per heavy atom. The number of ether oxygens (including phenoxy) is 1. The van der Waals surface area contributed by atoms with Crippen LogP contribution in [0.4, 0.5) is 5.69 Å². The molecule has 1 heterocycles. The molecule has 1 aromatic carbocycles. The fourth-order valence-electron chi connectivity index (χ4n) is 1.76. The van der Waals surface area contributed by atoms with Crippen molar-refractivity contribution in [1.82, 2.24) is 0 Å². The molecule has 1 unspecified atom stereocenters. The van der Waals surface area contributed by atoms with Crippen molar-refractivity contribution >= 4 is 5.69 Å². The Labute approximate surface area is 78.7 Å². The Kier molecular flexibility index (Phi) is 2.50. The maximum absolute atomic E-state index is 5.71. The molecule has 0 spiro atoms. The molecule has 70 valence electrons. The van der Waals surface area contributed by atoms with E-state index in [1.165, 1.54) is 18.4 Å². The van der Waals surface area contributed by atoms with E-state index in [2.05, 4.69) is 6.07 Å². The van der Waals surface area contributed by atoms with Gasteiger partial charge in [-0.15, -0.1) is 0 Å². The molecule has 0 aromatic heterocycles. The van der Waals surface area contributed by atoms with E-state index < -0.39 is 0 Å². The first-order valence-corrected chi connectivity index (χ1v) is 4.83. The van der Waals surface area contributed by atoms with Gasteiger partial charge in [-0.05, 0) is 37.0 Å². The number of nitrogen functional groups attached to an aromatic ring is 1. The molecule has 0 radical (unpaired) electrons. The lowest BCUT2D eigenvalue weighted by atomic mass is 10.0. The van der Waals surface area contributed by atoms with Gasteiger partial charge in [-0.25, -0.2) is 0 Å². The molecule has 2 nitrogen and oxygen atoms in total. The van der Waals surface area contributed by atoms with Crippen LogP contribution in [0.25, 0.3) is 0 Å². The molecule has 1 aliphatic rings. The summed E-state index contributed by atoms with van der Waals surface area (Å²) in [5, 5.41) is 0. The molecule has 0 saturated carbocycles.